The third kappa shape index (κ3) is 6.49. The number of nitrogens with one attached hydrogen (secondary N) is 2. The molecule has 0 atom stereocenters. The lowest BCUT2D eigenvalue weighted by Crippen LogP contribution is -2.39. The zero-order valence-corrected chi connectivity index (χ0v) is 18.4. The highest BCUT2D eigenvalue weighted by Gasteiger charge is 2.08. The molecule has 0 saturated carbocycles. The fourth-order valence-electron chi connectivity index (χ4n) is 3.32. The molecule has 3 heterocycles. The quantitative estimate of drug-likeness (QED) is 0.302. The molecule has 0 aromatic carbocycles. The molecule has 0 fully saturated rings. The average Bonchev–Trinajstić information content (AvgIpc) is 3.44. The Balaban J connectivity index is 1.49. The predicted octanol–water partition coefficient (Wildman–Crippen LogP) is 3.64. The summed E-state index contributed by atoms with van der Waals surface area (Å²) in [5, 5.41) is 13.5. The number of aromatic nitrogens is 2. The van der Waals surface area contributed by atoms with Gasteiger partial charge in [0, 0.05) is 43.7 Å². The number of nitrogens with zero attached hydrogens (tertiary/aromatic N) is 3. The highest BCUT2D eigenvalue weighted by atomic mass is 32.1. The van der Waals surface area contributed by atoms with E-state index in [1.807, 2.05) is 23.9 Å². The summed E-state index contributed by atoms with van der Waals surface area (Å²) in [6.45, 7) is 6.65. The summed E-state index contributed by atoms with van der Waals surface area (Å²) in [6.07, 6.45) is 5.57. The van der Waals surface area contributed by atoms with Crippen LogP contribution >= 0.6 is 11.3 Å². The van der Waals surface area contributed by atoms with Crippen LogP contribution in [0.25, 0.3) is 0 Å². The molecule has 0 unspecified atom stereocenters. The Labute approximate surface area is 177 Å². The molecule has 0 amide bonds. The van der Waals surface area contributed by atoms with Crippen molar-refractivity contribution in [3.63, 3.8) is 0 Å². The summed E-state index contributed by atoms with van der Waals surface area (Å²) in [5.41, 5.74) is 3.72. The molecule has 0 bridgehead atoms. The molecular formula is C22H31N5OS. The Hall–Kier alpha value is -2.54. The molecule has 156 valence electrons. The zero-order valence-electron chi connectivity index (χ0n) is 17.6. The zero-order chi connectivity index (χ0) is 20.5. The van der Waals surface area contributed by atoms with Gasteiger partial charge in [-0.05, 0) is 62.3 Å². The van der Waals surface area contributed by atoms with E-state index in [-0.39, 0.29) is 0 Å². The highest BCUT2D eigenvalue weighted by Crippen LogP contribution is 2.14. The van der Waals surface area contributed by atoms with Crippen LogP contribution in [0.2, 0.25) is 0 Å². The minimum atomic E-state index is 0.781. The van der Waals surface area contributed by atoms with Crippen LogP contribution < -0.4 is 10.6 Å². The van der Waals surface area contributed by atoms with Crippen molar-refractivity contribution in [2.24, 2.45) is 12.0 Å². The van der Waals surface area contributed by atoms with Crippen LogP contribution in [0, 0.1) is 13.8 Å². The van der Waals surface area contributed by atoms with Gasteiger partial charge < -0.3 is 15.1 Å². The first kappa shape index (κ1) is 21.2. The molecule has 0 spiro atoms. The third-order valence-electron chi connectivity index (χ3n) is 5.00. The normalized spacial score (nSPS) is 11.8. The smallest absolute Gasteiger partial charge is 0.191 e. The van der Waals surface area contributed by atoms with Crippen molar-refractivity contribution in [2.45, 2.75) is 39.5 Å². The van der Waals surface area contributed by atoms with E-state index in [0.29, 0.717) is 0 Å². The van der Waals surface area contributed by atoms with Crippen LogP contribution in [0.5, 0.6) is 0 Å². The van der Waals surface area contributed by atoms with Crippen LogP contribution in [-0.2, 0) is 26.3 Å². The summed E-state index contributed by atoms with van der Waals surface area (Å²) in [6, 6.07) is 8.19. The average molecular weight is 414 g/mol. The van der Waals surface area contributed by atoms with Gasteiger partial charge in [-0.3, -0.25) is 9.67 Å². The second-order valence-electron chi connectivity index (χ2n) is 7.12. The molecule has 7 heteroatoms. The van der Waals surface area contributed by atoms with Gasteiger partial charge >= 0.3 is 0 Å². The monoisotopic (exact) mass is 413 g/mol. The van der Waals surface area contributed by atoms with E-state index in [0.717, 1.165) is 62.7 Å². The second kappa shape index (κ2) is 10.9. The number of aryl methyl sites for hydroxylation is 2. The molecular weight excluding hydrogens is 382 g/mol. The minimum Gasteiger partial charge on any atom is -0.469 e. The number of hydrogen-bond acceptors (Lipinski definition) is 4. The maximum atomic E-state index is 5.41. The van der Waals surface area contributed by atoms with E-state index in [9.17, 15) is 0 Å². The van der Waals surface area contributed by atoms with Crippen molar-refractivity contribution < 1.29 is 4.42 Å². The molecule has 3 aromatic rings. The van der Waals surface area contributed by atoms with Crippen molar-refractivity contribution in [1.29, 1.82) is 0 Å². The van der Waals surface area contributed by atoms with Crippen LogP contribution in [0.3, 0.4) is 0 Å². The fourth-order valence-corrected chi connectivity index (χ4v) is 4.03. The Bertz CT molecular complexity index is 839. The molecule has 0 aliphatic rings. The molecule has 0 aliphatic heterocycles. The van der Waals surface area contributed by atoms with Crippen LogP contribution in [0.15, 0.2) is 45.3 Å². The summed E-state index contributed by atoms with van der Waals surface area (Å²) >= 11 is 1.79. The van der Waals surface area contributed by atoms with Gasteiger partial charge in [0.05, 0.1) is 12.0 Å². The molecule has 0 aliphatic carbocycles. The van der Waals surface area contributed by atoms with Gasteiger partial charge in [-0.15, -0.1) is 11.3 Å². The Morgan fingerprint density at radius 3 is 2.62 bits per heavy atom. The van der Waals surface area contributed by atoms with Crippen molar-refractivity contribution in [3.8, 4) is 0 Å². The molecule has 0 radical (unpaired) electrons. The third-order valence-corrected chi connectivity index (χ3v) is 5.94. The topological polar surface area (TPSA) is 67.4 Å². The summed E-state index contributed by atoms with van der Waals surface area (Å²) in [7, 11) is 2.00. The summed E-state index contributed by atoms with van der Waals surface area (Å²) in [5.74, 6) is 1.85. The van der Waals surface area contributed by atoms with E-state index in [1.165, 1.54) is 16.1 Å². The number of rotatable bonds is 10. The number of aliphatic imine (C=N–C) groups is 1. The second-order valence-corrected chi connectivity index (χ2v) is 8.15. The summed E-state index contributed by atoms with van der Waals surface area (Å²) in [4.78, 5) is 6.17. The lowest BCUT2D eigenvalue weighted by Gasteiger charge is -2.12. The maximum absolute atomic E-state index is 5.41. The number of guanidine groups is 1. The SMILES string of the molecule is Cc1nn(C)c(C)c1CCCN=C(NCCc1ccco1)NCCc1cccs1. The van der Waals surface area contributed by atoms with Crippen molar-refractivity contribution in [3.05, 3.63) is 63.5 Å². The number of thiophene rings is 1. The molecule has 6 nitrogen and oxygen atoms in total. The largest absolute Gasteiger partial charge is 0.469 e. The van der Waals surface area contributed by atoms with E-state index < -0.39 is 0 Å². The molecule has 0 saturated heterocycles. The van der Waals surface area contributed by atoms with E-state index in [4.69, 9.17) is 9.41 Å². The van der Waals surface area contributed by atoms with Crippen LogP contribution in [-0.4, -0.2) is 35.4 Å². The van der Waals surface area contributed by atoms with E-state index >= 15 is 0 Å². The molecule has 29 heavy (non-hydrogen) atoms. The Morgan fingerprint density at radius 2 is 1.97 bits per heavy atom. The number of hydrogen-bond donors (Lipinski definition) is 2. The first-order valence-electron chi connectivity index (χ1n) is 10.2. The van der Waals surface area contributed by atoms with E-state index in [2.05, 4.69) is 47.1 Å². The summed E-state index contributed by atoms with van der Waals surface area (Å²) < 4.78 is 7.37. The van der Waals surface area contributed by atoms with Crippen LogP contribution in [0.1, 0.15) is 34.0 Å². The van der Waals surface area contributed by atoms with Crippen LogP contribution in [0.4, 0.5) is 0 Å². The standard InChI is InChI=1S/C22H31N5OS/c1-17-21(18(2)27(3)26-17)9-4-12-23-22(24-13-10-19-7-5-15-28-19)25-14-11-20-8-6-16-29-20/h5-8,15-16H,4,9-14H2,1-3H3,(H2,23,24,25). The van der Waals surface area contributed by atoms with Gasteiger partial charge in [0.15, 0.2) is 5.96 Å². The lowest BCUT2D eigenvalue weighted by atomic mass is 10.1. The van der Waals surface area contributed by atoms with Gasteiger partial charge in [0.1, 0.15) is 5.76 Å². The molecule has 2 N–H and O–H groups in total. The fraction of sp³-hybridized carbons (Fsp3) is 0.455. The first-order chi connectivity index (χ1) is 14.1. The van der Waals surface area contributed by atoms with Gasteiger partial charge in [-0.1, -0.05) is 6.07 Å². The molecule has 3 rings (SSSR count). The van der Waals surface area contributed by atoms with Crippen molar-refractivity contribution in [2.75, 3.05) is 19.6 Å². The Morgan fingerprint density at radius 1 is 1.14 bits per heavy atom. The first-order valence-corrected chi connectivity index (χ1v) is 11.1. The minimum absolute atomic E-state index is 0.781. The van der Waals surface area contributed by atoms with Crippen molar-refractivity contribution in [1.82, 2.24) is 20.4 Å². The van der Waals surface area contributed by atoms with Gasteiger partial charge in [0.25, 0.3) is 0 Å². The van der Waals surface area contributed by atoms with E-state index in [1.54, 1.807) is 17.6 Å². The maximum Gasteiger partial charge on any atom is 0.191 e. The lowest BCUT2D eigenvalue weighted by molar-refractivity contribution is 0.506. The van der Waals surface area contributed by atoms with Gasteiger partial charge in [-0.2, -0.15) is 5.10 Å². The number of furan rings is 1. The predicted molar refractivity (Wildman–Crippen MR) is 120 cm³/mol. The Kier molecular flexibility index (Phi) is 7.93. The highest BCUT2D eigenvalue weighted by molar-refractivity contribution is 7.09. The van der Waals surface area contributed by atoms with Crippen molar-refractivity contribution >= 4 is 17.3 Å². The van der Waals surface area contributed by atoms with Gasteiger partial charge in [0.2, 0.25) is 0 Å². The molecule has 3 aromatic heterocycles. The van der Waals surface area contributed by atoms with Gasteiger partial charge in [-0.25, -0.2) is 0 Å².